The maximum absolute atomic E-state index is 5.87. The minimum Gasteiger partial charge on any atom is -0.382 e. The molecule has 0 radical (unpaired) electrons. The molecule has 2 N–H and O–H groups in total. The summed E-state index contributed by atoms with van der Waals surface area (Å²) in [6.07, 6.45) is 1.73. The van der Waals surface area contributed by atoms with Gasteiger partial charge in [0, 0.05) is 6.20 Å². The molecule has 0 amide bonds. The molecular formula is C11H17N3. The van der Waals surface area contributed by atoms with Crippen molar-refractivity contribution in [2.24, 2.45) is 10.7 Å². The van der Waals surface area contributed by atoms with Crippen LogP contribution in [0.3, 0.4) is 0 Å². The molecule has 0 aliphatic rings. The zero-order valence-corrected chi connectivity index (χ0v) is 9.20. The molecule has 0 spiro atoms. The lowest BCUT2D eigenvalue weighted by atomic mass is 10.1. The molecule has 0 unspecified atom stereocenters. The van der Waals surface area contributed by atoms with E-state index in [9.17, 15) is 0 Å². The van der Waals surface area contributed by atoms with Gasteiger partial charge in [-0.05, 0) is 39.3 Å². The van der Waals surface area contributed by atoms with Gasteiger partial charge in [0.25, 0.3) is 0 Å². The molecule has 0 aliphatic carbocycles. The quantitative estimate of drug-likeness (QED) is 0.544. The predicted octanol–water partition coefficient (Wildman–Crippen LogP) is 1.89. The van der Waals surface area contributed by atoms with E-state index in [4.69, 9.17) is 5.73 Å². The molecule has 76 valence electrons. The monoisotopic (exact) mass is 191 g/mol. The second-order valence-electron chi connectivity index (χ2n) is 4.34. The summed E-state index contributed by atoms with van der Waals surface area (Å²) in [5.74, 6) is 0.510. The lowest BCUT2D eigenvalue weighted by molar-refractivity contribution is 0.583. The lowest BCUT2D eigenvalue weighted by Gasteiger charge is -2.14. The van der Waals surface area contributed by atoms with Crippen LogP contribution in [0.1, 0.15) is 32.0 Å². The summed E-state index contributed by atoms with van der Waals surface area (Å²) < 4.78 is 0. The van der Waals surface area contributed by atoms with E-state index in [1.807, 2.05) is 39.8 Å². The molecule has 1 aromatic rings. The van der Waals surface area contributed by atoms with E-state index in [-0.39, 0.29) is 5.54 Å². The van der Waals surface area contributed by atoms with Crippen LogP contribution in [0.25, 0.3) is 0 Å². The van der Waals surface area contributed by atoms with E-state index < -0.39 is 0 Å². The van der Waals surface area contributed by atoms with Crippen LogP contribution in [0.5, 0.6) is 0 Å². The van der Waals surface area contributed by atoms with Crippen LogP contribution in [0.15, 0.2) is 23.3 Å². The summed E-state index contributed by atoms with van der Waals surface area (Å²) in [6, 6.07) is 3.87. The first kappa shape index (κ1) is 10.7. The van der Waals surface area contributed by atoms with Gasteiger partial charge in [-0.1, -0.05) is 6.07 Å². The van der Waals surface area contributed by atoms with Gasteiger partial charge in [0.2, 0.25) is 0 Å². The average Bonchev–Trinajstić information content (AvgIpc) is 2.01. The fourth-order valence-corrected chi connectivity index (χ4v) is 1.17. The van der Waals surface area contributed by atoms with Crippen molar-refractivity contribution in [3.63, 3.8) is 0 Å². The van der Waals surface area contributed by atoms with Crippen LogP contribution < -0.4 is 5.73 Å². The van der Waals surface area contributed by atoms with Crippen molar-refractivity contribution >= 4 is 5.84 Å². The summed E-state index contributed by atoms with van der Waals surface area (Å²) in [5.41, 5.74) is 7.54. The van der Waals surface area contributed by atoms with Gasteiger partial charge in [0.15, 0.2) is 0 Å². The Morgan fingerprint density at radius 3 is 2.57 bits per heavy atom. The van der Waals surface area contributed by atoms with E-state index in [0.29, 0.717) is 5.84 Å². The van der Waals surface area contributed by atoms with Gasteiger partial charge >= 0.3 is 0 Å². The zero-order chi connectivity index (χ0) is 10.8. The molecule has 1 rings (SSSR count). The molecule has 0 fully saturated rings. The van der Waals surface area contributed by atoms with Gasteiger partial charge in [-0.25, -0.2) is 0 Å². The number of aliphatic imine (C=N–C) groups is 1. The Morgan fingerprint density at radius 1 is 1.43 bits per heavy atom. The molecule has 3 nitrogen and oxygen atoms in total. The summed E-state index contributed by atoms with van der Waals surface area (Å²) in [6.45, 7) is 8.02. The number of hydrogen-bond donors (Lipinski definition) is 1. The van der Waals surface area contributed by atoms with E-state index in [0.717, 1.165) is 11.3 Å². The van der Waals surface area contributed by atoms with Crippen LogP contribution >= 0.6 is 0 Å². The zero-order valence-electron chi connectivity index (χ0n) is 9.20. The first-order valence-electron chi connectivity index (χ1n) is 4.67. The summed E-state index contributed by atoms with van der Waals surface area (Å²) in [4.78, 5) is 8.58. The fraction of sp³-hybridized carbons (Fsp3) is 0.455. The van der Waals surface area contributed by atoms with Crippen molar-refractivity contribution in [3.8, 4) is 0 Å². The maximum atomic E-state index is 5.87. The van der Waals surface area contributed by atoms with E-state index in [2.05, 4.69) is 9.98 Å². The molecule has 0 bridgehead atoms. The molecule has 3 heteroatoms. The second kappa shape index (κ2) is 3.78. The number of amidine groups is 1. The van der Waals surface area contributed by atoms with E-state index in [1.165, 1.54) is 0 Å². The number of nitrogens with zero attached hydrogens (tertiary/aromatic N) is 2. The van der Waals surface area contributed by atoms with Crippen LogP contribution in [-0.2, 0) is 0 Å². The van der Waals surface area contributed by atoms with E-state index >= 15 is 0 Å². The normalized spacial score (nSPS) is 13.0. The second-order valence-corrected chi connectivity index (χ2v) is 4.34. The predicted molar refractivity (Wildman–Crippen MR) is 59.5 cm³/mol. The minimum atomic E-state index is -0.159. The standard InChI is InChI=1S/C11H17N3/c1-8-6-5-7-13-9(8)10(12)14-11(2,3)4/h5-7H,1-4H3,(H2,12,14). The number of hydrogen-bond acceptors (Lipinski definition) is 2. The summed E-state index contributed by atoms with van der Waals surface area (Å²) in [7, 11) is 0. The first-order valence-corrected chi connectivity index (χ1v) is 4.67. The van der Waals surface area contributed by atoms with Crippen molar-refractivity contribution in [1.29, 1.82) is 0 Å². The molecule has 0 aromatic carbocycles. The van der Waals surface area contributed by atoms with Gasteiger partial charge in [-0.2, -0.15) is 0 Å². The van der Waals surface area contributed by atoms with Crippen LogP contribution in [-0.4, -0.2) is 16.4 Å². The topological polar surface area (TPSA) is 51.3 Å². The van der Waals surface area contributed by atoms with E-state index in [1.54, 1.807) is 6.20 Å². The smallest absolute Gasteiger partial charge is 0.145 e. The molecule has 1 heterocycles. The van der Waals surface area contributed by atoms with Crippen molar-refractivity contribution in [2.45, 2.75) is 33.2 Å². The van der Waals surface area contributed by atoms with Gasteiger partial charge in [0.1, 0.15) is 11.5 Å². The third kappa shape index (κ3) is 2.83. The molecular weight excluding hydrogens is 174 g/mol. The van der Waals surface area contributed by atoms with Crippen molar-refractivity contribution < 1.29 is 0 Å². The maximum Gasteiger partial charge on any atom is 0.145 e. The van der Waals surface area contributed by atoms with Crippen LogP contribution in [0, 0.1) is 6.92 Å². The fourth-order valence-electron chi connectivity index (χ4n) is 1.17. The molecule has 0 saturated heterocycles. The highest BCUT2D eigenvalue weighted by atomic mass is 14.9. The molecule has 0 aliphatic heterocycles. The number of aryl methyl sites for hydroxylation is 1. The van der Waals surface area contributed by atoms with Crippen molar-refractivity contribution in [1.82, 2.24) is 4.98 Å². The van der Waals surface area contributed by atoms with Gasteiger partial charge < -0.3 is 5.73 Å². The third-order valence-electron chi connectivity index (χ3n) is 1.71. The number of pyridine rings is 1. The number of nitrogens with two attached hydrogens (primary N) is 1. The SMILES string of the molecule is Cc1cccnc1C(N)=NC(C)(C)C. The number of rotatable bonds is 1. The average molecular weight is 191 g/mol. The third-order valence-corrected chi connectivity index (χ3v) is 1.71. The molecule has 0 atom stereocenters. The van der Waals surface area contributed by atoms with Crippen molar-refractivity contribution in [3.05, 3.63) is 29.6 Å². The first-order chi connectivity index (χ1) is 6.40. The Labute approximate surface area is 85.1 Å². The number of aromatic nitrogens is 1. The van der Waals surface area contributed by atoms with Gasteiger partial charge in [0.05, 0.1) is 5.54 Å². The Balaban J connectivity index is 3.07. The molecule has 1 aromatic heterocycles. The summed E-state index contributed by atoms with van der Waals surface area (Å²) in [5, 5.41) is 0. The Morgan fingerprint density at radius 2 is 2.07 bits per heavy atom. The Bertz CT molecular complexity index is 348. The highest BCUT2D eigenvalue weighted by Crippen LogP contribution is 2.09. The largest absolute Gasteiger partial charge is 0.382 e. The lowest BCUT2D eigenvalue weighted by Crippen LogP contribution is -2.23. The van der Waals surface area contributed by atoms with Gasteiger partial charge in [-0.15, -0.1) is 0 Å². The van der Waals surface area contributed by atoms with Gasteiger partial charge in [-0.3, -0.25) is 9.98 Å². The Kier molecular flexibility index (Phi) is 2.89. The van der Waals surface area contributed by atoms with Crippen LogP contribution in [0.4, 0.5) is 0 Å². The van der Waals surface area contributed by atoms with Crippen LogP contribution in [0.2, 0.25) is 0 Å². The molecule has 0 saturated carbocycles. The minimum absolute atomic E-state index is 0.159. The highest BCUT2D eigenvalue weighted by Gasteiger charge is 2.10. The summed E-state index contributed by atoms with van der Waals surface area (Å²) >= 11 is 0. The molecule has 14 heavy (non-hydrogen) atoms. The Hall–Kier alpha value is -1.38. The highest BCUT2D eigenvalue weighted by molar-refractivity contribution is 5.97. The van der Waals surface area contributed by atoms with Crippen molar-refractivity contribution in [2.75, 3.05) is 0 Å².